The van der Waals surface area contributed by atoms with E-state index in [0.29, 0.717) is 28.3 Å². The first-order chi connectivity index (χ1) is 18.6. The van der Waals surface area contributed by atoms with Crippen LogP contribution in [-0.4, -0.2) is 49.1 Å². The summed E-state index contributed by atoms with van der Waals surface area (Å²) in [6.45, 7) is 10.8. The van der Waals surface area contributed by atoms with Crippen molar-refractivity contribution >= 4 is 40.0 Å². The van der Waals surface area contributed by atoms with E-state index in [-0.39, 0.29) is 29.5 Å². The molecule has 2 N–H and O–H groups in total. The summed E-state index contributed by atoms with van der Waals surface area (Å²) in [4.78, 5) is 25.4. The zero-order valence-electron chi connectivity index (χ0n) is 22.5. The maximum Gasteiger partial charge on any atom is 0.251 e. The van der Waals surface area contributed by atoms with E-state index in [4.69, 9.17) is 4.74 Å². The van der Waals surface area contributed by atoms with Gasteiger partial charge >= 0.3 is 0 Å². The van der Waals surface area contributed by atoms with Gasteiger partial charge in [-0.1, -0.05) is 56.0 Å². The molecule has 0 atom stereocenters. The van der Waals surface area contributed by atoms with E-state index in [2.05, 4.69) is 51.8 Å². The first kappa shape index (κ1) is 28.2. The summed E-state index contributed by atoms with van der Waals surface area (Å²) in [5, 5.41) is 23.9. The number of thioether (sulfide) groups is 1. The van der Waals surface area contributed by atoms with Gasteiger partial charge in [0.25, 0.3) is 5.91 Å². The molecule has 12 heteroatoms. The van der Waals surface area contributed by atoms with Crippen molar-refractivity contribution in [3.05, 3.63) is 70.5 Å². The molecule has 0 saturated carbocycles. The molecule has 204 valence electrons. The van der Waals surface area contributed by atoms with Gasteiger partial charge in [-0.25, -0.2) is 0 Å². The summed E-state index contributed by atoms with van der Waals surface area (Å²) >= 11 is 2.54. The van der Waals surface area contributed by atoms with Gasteiger partial charge in [-0.3, -0.25) is 19.5 Å². The standard InChI is InChI=1S/C27H31N7O3S2/c1-6-37-21-13-11-20(12-14-21)34-22(15-28-24(36)18-7-9-19(10-8-18)27(3,4)5)31-33-26(34)38-16-23(35)29-25-32-30-17(2)39-25/h7-14H,6,15-16H2,1-5H3,(H,28,36)(H,29,32,35). The van der Waals surface area contributed by atoms with Crippen molar-refractivity contribution in [3.8, 4) is 11.4 Å². The second-order valence-electron chi connectivity index (χ2n) is 9.63. The Kier molecular flexibility index (Phi) is 8.97. The number of anilines is 1. The summed E-state index contributed by atoms with van der Waals surface area (Å²) in [6.07, 6.45) is 0. The molecule has 2 heterocycles. The molecule has 0 radical (unpaired) electrons. The number of aromatic nitrogens is 5. The normalized spacial score (nSPS) is 11.3. The minimum atomic E-state index is -0.231. The average molecular weight is 566 g/mol. The molecule has 4 rings (SSSR count). The molecule has 0 spiro atoms. The van der Waals surface area contributed by atoms with Crippen LogP contribution in [0.25, 0.3) is 5.69 Å². The molecule has 2 aromatic carbocycles. The predicted octanol–water partition coefficient (Wildman–Crippen LogP) is 4.78. The third kappa shape index (κ3) is 7.42. The minimum Gasteiger partial charge on any atom is -0.494 e. The number of hydrogen-bond donors (Lipinski definition) is 2. The zero-order valence-corrected chi connectivity index (χ0v) is 24.2. The highest BCUT2D eigenvalue weighted by molar-refractivity contribution is 7.99. The van der Waals surface area contributed by atoms with Gasteiger partial charge in [-0.2, -0.15) is 0 Å². The topological polar surface area (TPSA) is 124 Å². The monoisotopic (exact) mass is 565 g/mol. The lowest BCUT2D eigenvalue weighted by Gasteiger charge is -2.19. The van der Waals surface area contributed by atoms with Gasteiger partial charge in [0.1, 0.15) is 10.8 Å². The molecule has 2 amide bonds. The Labute approximate surface area is 235 Å². The number of rotatable bonds is 10. The summed E-state index contributed by atoms with van der Waals surface area (Å²) < 4.78 is 7.39. The van der Waals surface area contributed by atoms with Crippen LogP contribution in [0.2, 0.25) is 0 Å². The summed E-state index contributed by atoms with van der Waals surface area (Å²) in [6, 6.07) is 15.1. The molecule has 0 saturated heterocycles. The number of carbonyl (C=O) groups excluding carboxylic acids is 2. The lowest BCUT2D eigenvalue weighted by molar-refractivity contribution is -0.113. The minimum absolute atomic E-state index is 0.00420. The first-order valence-corrected chi connectivity index (χ1v) is 14.2. The number of nitrogens with one attached hydrogen (secondary N) is 2. The number of amides is 2. The molecule has 2 aromatic heterocycles. The van der Waals surface area contributed by atoms with Crippen molar-refractivity contribution in [2.75, 3.05) is 17.7 Å². The van der Waals surface area contributed by atoms with Gasteiger partial charge in [-0.05, 0) is 61.2 Å². The largest absolute Gasteiger partial charge is 0.494 e. The average Bonchev–Trinajstić information content (AvgIpc) is 3.51. The fourth-order valence-corrected chi connectivity index (χ4v) is 5.02. The summed E-state index contributed by atoms with van der Waals surface area (Å²) in [7, 11) is 0. The summed E-state index contributed by atoms with van der Waals surface area (Å²) in [5.41, 5.74) is 2.50. The van der Waals surface area contributed by atoms with Crippen LogP contribution in [0.1, 0.15) is 54.4 Å². The lowest BCUT2D eigenvalue weighted by atomic mass is 9.87. The van der Waals surface area contributed by atoms with Gasteiger partial charge in [0.2, 0.25) is 11.0 Å². The Hall–Kier alpha value is -3.77. The third-order valence-corrected chi connectivity index (χ3v) is 7.31. The van der Waals surface area contributed by atoms with Crippen LogP contribution in [0, 0.1) is 6.92 Å². The van der Waals surface area contributed by atoms with Crippen LogP contribution in [0.3, 0.4) is 0 Å². The smallest absolute Gasteiger partial charge is 0.251 e. The molecule has 4 aromatic rings. The zero-order chi connectivity index (χ0) is 28.0. The molecule has 0 aliphatic carbocycles. The highest BCUT2D eigenvalue weighted by Crippen LogP contribution is 2.25. The Morgan fingerprint density at radius 3 is 2.33 bits per heavy atom. The second-order valence-corrected chi connectivity index (χ2v) is 11.8. The van der Waals surface area contributed by atoms with Crippen LogP contribution in [0.15, 0.2) is 53.7 Å². The first-order valence-electron chi connectivity index (χ1n) is 12.4. The van der Waals surface area contributed by atoms with Crippen LogP contribution in [0.5, 0.6) is 5.75 Å². The number of aryl methyl sites for hydroxylation is 1. The van der Waals surface area contributed by atoms with E-state index in [1.165, 1.54) is 23.1 Å². The molecule has 0 aliphatic heterocycles. The predicted molar refractivity (Wildman–Crippen MR) is 153 cm³/mol. The Bertz CT molecular complexity index is 1430. The van der Waals surface area contributed by atoms with Crippen molar-refractivity contribution < 1.29 is 14.3 Å². The fraction of sp³-hybridized carbons (Fsp3) is 0.333. The van der Waals surface area contributed by atoms with Crippen molar-refractivity contribution in [1.29, 1.82) is 0 Å². The van der Waals surface area contributed by atoms with E-state index in [0.717, 1.165) is 22.0 Å². The Morgan fingerprint density at radius 1 is 1.00 bits per heavy atom. The molecule has 0 fully saturated rings. The molecular weight excluding hydrogens is 534 g/mol. The van der Waals surface area contributed by atoms with E-state index in [9.17, 15) is 9.59 Å². The van der Waals surface area contributed by atoms with E-state index in [1.807, 2.05) is 66.9 Å². The quantitative estimate of drug-likeness (QED) is 0.263. The van der Waals surface area contributed by atoms with Crippen molar-refractivity contribution in [3.63, 3.8) is 0 Å². The fourth-order valence-electron chi connectivity index (χ4n) is 3.64. The SMILES string of the molecule is CCOc1ccc(-n2c(CNC(=O)c3ccc(C(C)(C)C)cc3)nnc2SCC(=O)Nc2nnc(C)s2)cc1. The van der Waals surface area contributed by atoms with Crippen LogP contribution >= 0.6 is 23.1 Å². The van der Waals surface area contributed by atoms with E-state index in [1.54, 1.807) is 0 Å². The second kappa shape index (κ2) is 12.4. The Morgan fingerprint density at radius 2 is 1.72 bits per heavy atom. The molecule has 10 nitrogen and oxygen atoms in total. The molecule has 39 heavy (non-hydrogen) atoms. The van der Waals surface area contributed by atoms with Gasteiger partial charge in [0.05, 0.1) is 18.9 Å². The molecule has 0 bridgehead atoms. The van der Waals surface area contributed by atoms with Gasteiger partial charge in [0, 0.05) is 11.3 Å². The molecule has 0 aliphatic rings. The van der Waals surface area contributed by atoms with Crippen molar-refractivity contribution in [2.45, 2.75) is 51.7 Å². The number of nitrogens with zero attached hydrogens (tertiary/aromatic N) is 5. The maximum atomic E-state index is 12.9. The van der Waals surface area contributed by atoms with Gasteiger partial charge < -0.3 is 10.1 Å². The van der Waals surface area contributed by atoms with Gasteiger partial charge in [-0.15, -0.1) is 20.4 Å². The maximum absolute atomic E-state index is 12.9. The number of carbonyl (C=O) groups is 2. The van der Waals surface area contributed by atoms with E-state index >= 15 is 0 Å². The molecule has 0 unspecified atom stereocenters. The van der Waals surface area contributed by atoms with Crippen LogP contribution in [-0.2, 0) is 16.8 Å². The highest BCUT2D eigenvalue weighted by atomic mass is 32.2. The van der Waals surface area contributed by atoms with Crippen molar-refractivity contribution in [1.82, 2.24) is 30.3 Å². The third-order valence-electron chi connectivity index (χ3n) is 5.63. The number of benzene rings is 2. The number of hydrogen-bond acceptors (Lipinski definition) is 9. The van der Waals surface area contributed by atoms with Crippen LogP contribution < -0.4 is 15.4 Å². The van der Waals surface area contributed by atoms with E-state index < -0.39 is 0 Å². The molecular formula is C27H31N7O3S2. The van der Waals surface area contributed by atoms with Crippen molar-refractivity contribution in [2.24, 2.45) is 0 Å². The highest BCUT2D eigenvalue weighted by Gasteiger charge is 2.19. The van der Waals surface area contributed by atoms with Gasteiger partial charge in [0.15, 0.2) is 11.0 Å². The lowest BCUT2D eigenvalue weighted by Crippen LogP contribution is -2.25. The Balaban J connectivity index is 1.50. The van der Waals surface area contributed by atoms with Crippen LogP contribution in [0.4, 0.5) is 5.13 Å². The summed E-state index contributed by atoms with van der Waals surface area (Å²) in [5.74, 6) is 0.925. The number of ether oxygens (including phenoxy) is 1.